The number of hydrogen-bond donors (Lipinski definition) is 0. The Labute approximate surface area is 148 Å². The second-order valence-corrected chi connectivity index (χ2v) is 6.61. The van der Waals surface area contributed by atoms with Gasteiger partial charge in [-0.25, -0.2) is 0 Å². The molecule has 3 aromatic rings. The van der Waals surface area contributed by atoms with E-state index in [1.165, 1.54) is 39.1 Å². The number of benzene rings is 3. The van der Waals surface area contributed by atoms with E-state index in [0.717, 1.165) is 6.17 Å². The van der Waals surface area contributed by atoms with Crippen LogP contribution < -0.4 is 4.90 Å². The second-order valence-electron chi connectivity index (χ2n) is 6.61. The molecular weight excluding hydrogens is 304 g/mol. The fraction of sp³-hybridized carbons (Fsp3) is 0.0435. The number of nitrogens with zero attached hydrogens (tertiary/aromatic N) is 2. The summed E-state index contributed by atoms with van der Waals surface area (Å²) in [5.41, 5.74) is 8.71. The number of fused-ring (bicyclic) bond motifs is 6. The molecule has 3 aromatic carbocycles. The van der Waals surface area contributed by atoms with Crippen LogP contribution in [0.3, 0.4) is 0 Å². The van der Waals surface area contributed by atoms with Crippen LogP contribution in [0.25, 0.3) is 22.3 Å². The van der Waals surface area contributed by atoms with Crippen molar-refractivity contribution in [2.24, 2.45) is 0 Å². The van der Waals surface area contributed by atoms with Crippen LogP contribution in [-0.2, 0) is 0 Å². The lowest BCUT2D eigenvalue weighted by Crippen LogP contribution is -2.29. The third-order valence-corrected chi connectivity index (χ3v) is 5.00. The largest absolute Gasteiger partial charge is 0.298 e. The average molecular weight is 322 g/mol. The van der Waals surface area contributed by atoms with E-state index in [9.17, 15) is 0 Å². The van der Waals surface area contributed by atoms with E-state index >= 15 is 0 Å². The zero-order chi connectivity index (χ0) is 17.0. The van der Waals surface area contributed by atoms with E-state index in [2.05, 4.69) is 91.5 Å². The Morgan fingerprint density at radius 3 is 2.48 bits per heavy atom. The highest BCUT2D eigenvalue weighted by atomic mass is 15.3. The van der Waals surface area contributed by atoms with Crippen molar-refractivity contribution in [1.82, 2.24) is 0 Å². The van der Waals surface area contributed by atoms with Crippen LogP contribution >= 0.6 is 0 Å². The molecule has 0 unspecified atom stereocenters. The minimum Gasteiger partial charge on any atom is -0.298 e. The molecule has 0 saturated heterocycles. The first kappa shape index (κ1) is 14.1. The fourth-order valence-corrected chi connectivity index (χ4v) is 3.71. The summed E-state index contributed by atoms with van der Waals surface area (Å²) in [4.78, 5) is 2.23. The molecule has 2 aliphatic heterocycles. The molecule has 0 bridgehead atoms. The van der Waals surface area contributed by atoms with Crippen molar-refractivity contribution in [3.05, 3.63) is 96.4 Å². The first-order chi connectivity index (χ1) is 12.2. The Kier molecular flexibility index (Phi) is 2.89. The van der Waals surface area contributed by atoms with Gasteiger partial charge in [0.15, 0.2) is 0 Å². The van der Waals surface area contributed by atoms with Gasteiger partial charge in [-0.1, -0.05) is 65.7 Å². The van der Waals surface area contributed by atoms with Gasteiger partial charge >= 0.3 is 0 Å². The highest BCUT2D eigenvalue weighted by molar-refractivity contribution is 5.91. The predicted octanol–water partition coefficient (Wildman–Crippen LogP) is 5.18. The SMILES string of the molecule is C=[N+]1C=CN2c3ccc(-c4ccc(C)cc4)cc3-c3ccccc3[C-]21. The highest BCUT2D eigenvalue weighted by Gasteiger charge is 2.35. The molecule has 0 N–H and O–H groups in total. The Morgan fingerprint density at radius 2 is 1.64 bits per heavy atom. The van der Waals surface area contributed by atoms with Gasteiger partial charge in [-0.05, 0) is 35.2 Å². The smallest absolute Gasteiger partial charge is 0.221 e. The zero-order valence-electron chi connectivity index (χ0n) is 14.1. The van der Waals surface area contributed by atoms with E-state index in [1.807, 2.05) is 10.8 Å². The van der Waals surface area contributed by atoms with Gasteiger partial charge in [0.05, 0.1) is 6.72 Å². The van der Waals surface area contributed by atoms with E-state index in [0.29, 0.717) is 0 Å². The molecule has 120 valence electrons. The van der Waals surface area contributed by atoms with E-state index < -0.39 is 0 Å². The van der Waals surface area contributed by atoms with E-state index in [1.54, 1.807) is 0 Å². The number of rotatable bonds is 1. The molecule has 0 amide bonds. The Hall–Kier alpha value is -3.26. The Bertz CT molecular complexity index is 1030. The molecule has 5 rings (SSSR count). The Balaban J connectivity index is 1.72. The van der Waals surface area contributed by atoms with Gasteiger partial charge in [-0.3, -0.25) is 9.48 Å². The highest BCUT2D eigenvalue weighted by Crippen LogP contribution is 2.47. The van der Waals surface area contributed by atoms with E-state index in [-0.39, 0.29) is 0 Å². The number of hydrogen-bond acceptors (Lipinski definition) is 1. The maximum Gasteiger partial charge on any atom is 0.221 e. The van der Waals surface area contributed by atoms with Crippen LogP contribution in [0.15, 0.2) is 79.1 Å². The maximum atomic E-state index is 4.13. The van der Waals surface area contributed by atoms with Crippen LogP contribution in [0.1, 0.15) is 11.1 Å². The quantitative estimate of drug-likeness (QED) is 0.442. The minimum atomic E-state index is 1.12. The molecule has 0 aliphatic carbocycles. The molecule has 0 saturated carbocycles. The molecule has 0 aromatic heterocycles. The summed E-state index contributed by atoms with van der Waals surface area (Å²) >= 11 is 0. The summed E-state index contributed by atoms with van der Waals surface area (Å²) in [6, 6.07) is 24.0. The van der Waals surface area contributed by atoms with Crippen molar-refractivity contribution in [3.63, 3.8) is 0 Å². The molecular formula is C23H18N2. The summed E-state index contributed by atoms with van der Waals surface area (Å²) in [6.07, 6.45) is 5.21. The molecule has 2 aliphatic rings. The molecule has 2 heterocycles. The third kappa shape index (κ3) is 2.04. The number of aryl methyl sites for hydroxylation is 1. The van der Waals surface area contributed by atoms with Crippen molar-refractivity contribution in [1.29, 1.82) is 0 Å². The molecule has 0 spiro atoms. The molecule has 25 heavy (non-hydrogen) atoms. The summed E-state index contributed by atoms with van der Waals surface area (Å²) in [7, 11) is 0. The zero-order valence-corrected chi connectivity index (χ0v) is 14.1. The minimum absolute atomic E-state index is 1.12. The monoisotopic (exact) mass is 322 g/mol. The van der Waals surface area contributed by atoms with Crippen LogP contribution in [0.5, 0.6) is 0 Å². The standard InChI is InChI=1S/C23H18N2/c1-16-7-9-17(10-8-16)18-11-12-22-21(15-18)19-5-3-4-6-20(19)23-24(2)13-14-25(22)23/h3-15H,2H2,1H3. The molecule has 0 fully saturated rings. The van der Waals surface area contributed by atoms with Crippen molar-refractivity contribution in [2.75, 3.05) is 4.90 Å². The van der Waals surface area contributed by atoms with Gasteiger partial charge < -0.3 is 0 Å². The topological polar surface area (TPSA) is 6.25 Å². The van der Waals surface area contributed by atoms with Crippen LogP contribution in [0.2, 0.25) is 0 Å². The van der Waals surface area contributed by atoms with E-state index in [4.69, 9.17) is 0 Å². The lowest BCUT2D eigenvalue weighted by atomic mass is 9.89. The number of anilines is 1. The normalized spacial score (nSPS) is 14.4. The van der Waals surface area contributed by atoms with Crippen LogP contribution in [-0.4, -0.2) is 11.3 Å². The molecule has 0 atom stereocenters. The summed E-state index contributed by atoms with van der Waals surface area (Å²) in [5.74, 6) is 0. The van der Waals surface area contributed by atoms with Crippen molar-refractivity contribution in [3.8, 4) is 22.3 Å². The predicted molar refractivity (Wildman–Crippen MR) is 103 cm³/mol. The maximum absolute atomic E-state index is 4.13. The first-order valence-electron chi connectivity index (χ1n) is 8.47. The van der Waals surface area contributed by atoms with Crippen molar-refractivity contribution >= 4 is 12.4 Å². The summed E-state index contributed by atoms with van der Waals surface area (Å²) in [5, 5.41) is 0. The van der Waals surface area contributed by atoms with Gasteiger partial charge in [0, 0.05) is 11.9 Å². The second kappa shape index (κ2) is 5.12. The molecule has 0 radical (unpaired) electrons. The Morgan fingerprint density at radius 1 is 0.880 bits per heavy atom. The fourth-order valence-electron chi connectivity index (χ4n) is 3.71. The molecule has 2 heteroatoms. The van der Waals surface area contributed by atoms with Crippen molar-refractivity contribution in [2.45, 2.75) is 6.92 Å². The average Bonchev–Trinajstić information content (AvgIpc) is 3.04. The van der Waals surface area contributed by atoms with Gasteiger partial charge in [-0.15, -0.1) is 6.07 Å². The summed E-state index contributed by atoms with van der Waals surface area (Å²) in [6.45, 7) is 6.25. The lowest BCUT2D eigenvalue weighted by molar-refractivity contribution is -0.416. The first-order valence-corrected chi connectivity index (χ1v) is 8.47. The van der Waals surface area contributed by atoms with Crippen molar-refractivity contribution < 1.29 is 4.58 Å². The van der Waals surface area contributed by atoms with Gasteiger partial charge in [0.1, 0.15) is 6.20 Å². The summed E-state index contributed by atoms with van der Waals surface area (Å²) < 4.78 is 1.94. The van der Waals surface area contributed by atoms with Crippen LogP contribution in [0, 0.1) is 13.1 Å². The van der Waals surface area contributed by atoms with Gasteiger partial charge in [-0.2, -0.15) is 0 Å². The lowest BCUT2D eigenvalue weighted by Gasteiger charge is -2.34. The molecule has 2 nitrogen and oxygen atoms in total. The third-order valence-electron chi connectivity index (χ3n) is 5.00. The van der Waals surface area contributed by atoms with Crippen LogP contribution in [0.4, 0.5) is 5.69 Å². The van der Waals surface area contributed by atoms with Gasteiger partial charge in [0.25, 0.3) is 0 Å². The van der Waals surface area contributed by atoms with Gasteiger partial charge in [0.2, 0.25) is 6.17 Å².